The van der Waals surface area contributed by atoms with Gasteiger partial charge in [0.2, 0.25) is 11.2 Å². The molecule has 220 valence electrons. The zero-order valence-corrected chi connectivity index (χ0v) is 26.8. The normalized spacial score (nSPS) is 20.2. The van der Waals surface area contributed by atoms with Crippen molar-refractivity contribution < 1.29 is 13.9 Å². The van der Waals surface area contributed by atoms with Crippen LogP contribution < -0.4 is 13.9 Å². The molecule has 5 heterocycles. The first-order valence-electron chi connectivity index (χ1n) is 16.3. The molecule has 10 rings (SSSR count). The topological polar surface area (TPSA) is 21.9 Å². The van der Waals surface area contributed by atoms with E-state index >= 15 is 0 Å². The summed E-state index contributed by atoms with van der Waals surface area (Å²) in [5, 5.41) is 0. The van der Waals surface area contributed by atoms with Crippen molar-refractivity contribution in [3.63, 3.8) is 0 Å². The van der Waals surface area contributed by atoms with Crippen molar-refractivity contribution in [2.45, 2.75) is 70.8 Å². The fourth-order valence-electron chi connectivity index (χ4n) is 9.44. The summed E-state index contributed by atoms with van der Waals surface area (Å²) in [5.41, 5.74) is 14.8. The molecule has 0 saturated heterocycles. The van der Waals surface area contributed by atoms with Crippen molar-refractivity contribution in [2.24, 2.45) is 0 Å². The quantitative estimate of drug-likeness (QED) is 0.177. The lowest BCUT2D eigenvalue weighted by atomic mass is 9.60. The van der Waals surface area contributed by atoms with Gasteiger partial charge in [-0.1, -0.05) is 58.0 Å². The average Bonchev–Trinajstić information content (AvgIpc) is 3.62. The molecule has 0 N–H and O–H groups in total. The second-order valence-corrected chi connectivity index (χ2v) is 15.1. The van der Waals surface area contributed by atoms with Crippen LogP contribution in [0.25, 0.3) is 33.7 Å². The monoisotopic (exact) mass is 587 g/mol. The summed E-state index contributed by atoms with van der Waals surface area (Å²) < 4.78 is 14.7. The zero-order chi connectivity index (χ0) is 30.6. The number of benzene rings is 4. The minimum absolute atomic E-state index is 0.0138. The number of para-hydroxylation sites is 1. The standard InChI is InChI=1S/C41H37N3O/c1-24-20-25(2)22-26(21-24)43-31-15-11-16-32-36(31)44-37-33(45-32)23-29-34(40(5,6)18-17-39(29,3)4)35(37)41(38(43)44)28-13-8-7-12-27(28)30-14-9-10-19-42(30)41/h7-16,19-23H,17-18H2,1-6H3/q+2. The number of pyridine rings is 1. The van der Waals surface area contributed by atoms with E-state index in [9.17, 15) is 0 Å². The van der Waals surface area contributed by atoms with Crippen molar-refractivity contribution >= 4 is 11.0 Å². The molecule has 0 saturated carbocycles. The molecule has 1 aliphatic carbocycles. The summed E-state index contributed by atoms with van der Waals surface area (Å²) in [4.78, 5) is 0. The highest BCUT2D eigenvalue weighted by Crippen LogP contribution is 2.61. The summed E-state index contributed by atoms with van der Waals surface area (Å²) in [6.07, 6.45) is 4.61. The number of aromatic nitrogens is 3. The van der Waals surface area contributed by atoms with E-state index in [1.54, 1.807) is 0 Å². The third-order valence-electron chi connectivity index (χ3n) is 11.3. The van der Waals surface area contributed by atoms with Gasteiger partial charge in [-0.25, -0.2) is 0 Å². The maximum Gasteiger partial charge on any atom is 0.352 e. The van der Waals surface area contributed by atoms with Gasteiger partial charge in [-0.2, -0.15) is 13.7 Å². The van der Waals surface area contributed by atoms with Gasteiger partial charge in [0.05, 0.1) is 16.7 Å². The highest BCUT2D eigenvalue weighted by molar-refractivity contribution is 5.87. The van der Waals surface area contributed by atoms with E-state index in [1.165, 1.54) is 67.4 Å². The maximum atomic E-state index is 7.02. The molecule has 6 aromatic rings. The van der Waals surface area contributed by atoms with Crippen LogP contribution in [0.1, 0.15) is 79.7 Å². The number of ether oxygens (including phenoxy) is 1. The minimum Gasteiger partial charge on any atom is -0.448 e. The van der Waals surface area contributed by atoms with Crippen LogP contribution in [0.15, 0.2) is 91.1 Å². The lowest BCUT2D eigenvalue weighted by Gasteiger charge is -2.43. The second kappa shape index (κ2) is 7.92. The predicted molar refractivity (Wildman–Crippen MR) is 177 cm³/mol. The molecule has 0 bridgehead atoms. The van der Waals surface area contributed by atoms with Crippen LogP contribution in [0.3, 0.4) is 0 Å². The van der Waals surface area contributed by atoms with Crippen LogP contribution in [0.5, 0.6) is 11.5 Å². The van der Waals surface area contributed by atoms with Crippen LogP contribution in [0.2, 0.25) is 0 Å². The van der Waals surface area contributed by atoms with Gasteiger partial charge in [0.15, 0.2) is 28.9 Å². The van der Waals surface area contributed by atoms with Crippen molar-refractivity contribution in [2.75, 3.05) is 0 Å². The fraction of sp³-hybridized carbons (Fsp3) is 0.268. The molecule has 0 radical (unpaired) electrons. The van der Waals surface area contributed by atoms with Crippen LogP contribution in [-0.4, -0.2) is 4.57 Å². The molecule has 1 spiro atoms. The van der Waals surface area contributed by atoms with Gasteiger partial charge in [-0.05, 0) is 102 Å². The number of imidazole rings is 1. The molecular weight excluding hydrogens is 550 g/mol. The molecular formula is C41H37N3O+2. The number of nitrogens with zero attached hydrogens (tertiary/aromatic N) is 3. The van der Waals surface area contributed by atoms with Crippen molar-refractivity contribution in [3.05, 3.63) is 130 Å². The first kappa shape index (κ1) is 25.6. The summed E-state index contributed by atoms with van der Waals surface area (Å²) in [5.74, 6) is 3.15. The number of fused-ring (bicyclic) bond motifs is 9. The molecule has 4 heteroatoms. The maximum absolute atomic E-state index is 7.02. The Labute approximate surface area is 264 Å². The van der Waals surface area contributed by atoms with E-state index < -0.39 is 5.54 Å². The third-order valence-corrected chi connectivity index (χ3v) is 11.3. The van der Waals surface area contributed by atoms with E-state index in [0.29, 0.717) is 0 Å². The molecule has 3 aliphatic heterocycles. The fourth-order valence-corrected chi connectivity index (χ4v) is 9.44. The summed E-state index contributed by atoms with van der Waals surface area (Å²) in [7, 11) is 0. The first-order valence-corrected chi connectivity index (χ1v) is 16.3. The number of rotatable bonds is 1. The van der Waals surface area contributed by atoms with E-state index in [-0.39, 0.29) is 10.8 Å². The average molecular weight is 588 g/mol. The molecule has 4 aromatic carbocycles. The van der Waals surface area contributed by atoms with Crippen LogP contribution in [-0.2, 0) is 16.4 Å². The summed E-state index contributed by atoms with van der Waals surface area (Å²) in [6, 6.07) is 31.7. The van der Waals surface area contributed by atoms with Gasteiger partial charge in [0.1, 0.15) is 5.69 Å². The van der Waals surface area contributed by atoms with E-state index in [4.69, 9.17) is 4.74 Å². The van der Waals surface area contributed by atoms with Gasteiger partial charge in [-0.15, -0.1) is 0 Å². The smallest absolute Gasteiger partial charge is 0.352 e. The lowest BCUT2D eigenvalue weighted by Crippen LogP contribution is -2.58. The molecule has 0 fully saturated rings. The zero-order valence-electron chi connectivity index (χ0n) is 26.8. The number of hydrogen-bond acceptors (Lipinski definition) is 1. The Kier molecular flexibility index (Phi) is 4.51. The number of hydrogen-bond donors (Lipinski definition) is 0. The van der Waals surface area contributed by atoms with Crippen LogP contribution in [0.4, 0.5) is 0 Å². The Balaban J connectivity index is 1.52. The van der Waals surface area contributed by atoms with Gasteiger partial charge in [-0.3, -0.25) is 0 Å². The Morgan fingerprint density at radius 1 is 0.711 bits per heavy atom. The molecule has 1 atom stereocenters. The third kappa shape index (κ3) is 2.86. The second-order valence-electron chi connectivity index (χ2n) is 15.1. The molecule has 0 amide bonds. The Hall–Kier alpha value is -4.70. The highest BCUT2D eigenvalue weighted by atomic mass is 16.5. The predicted octanol–water partition coefficient (Wildman–Crippen LogP) is 8.40. The largest absolute Gasteiger partial charge is 0.448 e. The van der Waals surface area contributed by atoms with Gasteiger partial charge < -0.3 is 4.74 Å². The van der Waals surface area contributed by atoms with Crippen molar-refractivity contribution in [3.8, 4) is 34.1 Å². The molecule has 4 nitrogen and oxygen atoms in total. The van der Waals surface area contributed by atoms with Gasteiger partial charge in [0, 0.05) is 12.1 Å². The van der Waals surface area contributed by atoms with Crippen LogP contribution in [0, 0.1) is 13.8 Å². The minimum atomic E-state index is -0.602. The molecule has 45 heavy (non-hydrogen) atoms. The van der Waals surface area contributed by atoms with Crippen LogP contribution >= 0.6 is 0 Å². The van der Waals surface area contributed by atoms with E-state index in [0.717, 1.165) is 29.9 Å². The summed E-state index contributed by atoms with van der Waals surface area (Å²) in [6.45, 7) is 14.2. The van der Waals surface area contributed by atoms with Gasteiger partial charge in [0.25, 0.3) is 0 Å². The molecule has 4 aliphatic rings. The Bertz CT molecular complexity index is 2270. The Morgan fingerprint density at radius 2 is 1.47 bits per heavy atom. The van der Waals surface area contributed by atoms with E-state index in [1.807, 2.05) is 0 Å². The SMILES string of the molecule is Cc1cc(C)cc(-n2c3[n+]4c5c(cccc52)Oc2cc5c(c(c2-4)C32c3ccccc3-c3cccc[n+]32)C(C)(C)CCC5(C)C)c1. The van der Waals surface area contributed by atoms with Gasteiger partial charge >= 0.3 is 11.4 Å². The number of aryl methyl sites for hydroxylation is 2. The molecule has 2 aromatic heterocycles. The lowest BCUT2D eigenvalue weighted by molar-refractivity contribution is -0.733. The van der Waals surface area contributed by atoms with E-state index in [2.05, 4.69) is 146 Å². The highest BCUT2D eigenvalue weighted by Gasteiger charge is 2.71. The first-order chi connectivity index (χ1) is 21.6. The van der Waals surface area contributed by atoms with Crippen molar-refractivity contribution in [1.82, 2.24) is 4.57 Å². The summed E-state index contributed by atoms with van der Waals surface area (Å²) >= 11 is 0. The molecule has 1 unspecified atom stereocenters. The van der Waals surface area contributed by atoms with Crippen molar-refractivity contribution in [1.29, 1.82) is 0 Å². The Morgan fingerprint density at radius 3 is 2.29 bits per heavy atom.